The Morgan fingerprint density at radius 2 is 1.92 bits per heavy atom. The Kier molecular flexibility index (Phi) is 5.08. The Bertz CT molecular complexity index is 828. The molecule has 6 nitrogen and oxygen atoms in total. The molecule has 0 saturated heterocycles. The number of carbonyl (C=O) groups excluding carboxylic acids is 2. The highest BCUT2D eigenvalue weighted by molar-refractivity contribution is 7.99. The van der Waals surface area contributed by atoms with Crippen molar-refractivity contribution in [1.29, 1.82) is 0 Å². The molecule has 2 amide bonds. The van der Waals surface area contributed by atoms with Crippen molar-refractivity contribution < 1.29 is 23.5 Å². The summed E-state index contributed by atoms with van der Waals surface area (Å²) in [6.07, 6.45) is 1.78. The van der Waals surface area contributed by atoms with Crippen LogP contribution in [0.15, 0.2) is 36.4 Å². The fraction of sp³-hybridized carbons (Fsp3) is 0.176. The summed E-state index contributed by atoms with van der Waals surface area (Å²) in [7, 11) is 0. The van der Waals surface area contributed by atoms with Crippen LogP contribution in [-0.4, -0.2) is 30.6 Å². The third-order valence-electron chi connectivity index (χ3n) is 3.41. The van der Waals surface area contributed by atoms with Crippen LogP contribution < -0.4 is 20.1 Å². The van der Waals surface area contributed by atoms with Crippen LogP contribution in [0.3, 0.4) is 0 Å². The molecule has 0 atom stereocenters. The van der Waals surface area contributed by atoms with Crippen molar-refractivity contribution in [2.24, 2.45) is 0 Å². The van der Waals surface area contributed by atoms with Gasteiger partial charge < -0.3 is 20.1 Å². The zero-order valence-corrected chi connectivity index (χ0v) is 14.1. The number of hydrogen-bond acceptors (Lipinski definition) is 5. The van der Waals surface area contributed by atoms with Crippen LogP contribution >= 0.6 is 11.8 Å². The van der Waals surface area contributed by atoms with Crippen molar-refractivity contribution in [3.63, 3.8) is 0 Å². The molecule has 0 fully saturated rings. The second-order valence-electron chi connectivity index (χ2n) is 5.20. The normalized spacial score (nSPS) is 11.9. The van der Waals surface area contributed by atoms with Crippen LogP contribution in [0.1, 0.15) is 10.4 Å². The van der Waals surface area contributed by atoms with Crippen LogP contribution in [0.25, 0.3) is 0 Å². The molecule has 1 aliphatic rings. The van der Waals surface area contributed by atoms with Crippen molar-refractivity contribution >= 4 is 35.0 Å². The maximum absolute atomic E-state index is 13.8. The molecule has 130 valence electrons. The first-order valence-corrected chi connectivity index (χ1v) is 8.75. The zero-order chi connectivity index (χ0) is 17.8. The van der Waals surface area contributed by atoms with Crippen LogP contribution in [0.5, 0.6) is 11.5 Å². The van der Waals surface area contributed by atoms with Crippen LogP contribution in [0.4, 0.5) is 15.8 Å². The highest BCUT2D eigenvalue weighted by atomic mass is 32.2. The quantitative estimate of drug-likeness (QED) is 0.855. The summed E-state index contributed by atoms with van der Waals surface area (Å²) in [5.74, 6) is 0.0223. The summed E-state index contributed by atoms with van der Waals surface area (Å²) in [4.78, 5) is 24.0. The molecule has 0 aliphatic carbocycles. The van der Waals surface area contributed by atoms with Gasteiger partial charge in [0.05, 0.1) is 11.4 Å². The van der Waals surface area contributed by atoms with Crippen molar-refractivity contribution in [3.8, 4) is 11.5 Å². The van der Waals surface area contributed by atoms with Gasteiger partial charge in [0.1, 0.15) is 5.82 Å². The Labute approximate surface area is 147 Å². The van der Waals surface area contributed by atoms with Crippen LogP contribution in [-0.2, 0) is 4.79 Å². The first-order valence-electron chi connectivity index (χ1n) is 7.36. The number of thioether (sulfide) groups is 1. The summed E-state index contributed by atoms with van der Waals surface area (Å²) < 4.78 is 24.3. The average molecular weight is 362 g/mol. The fourth-order valence-corrected chi connectivity index (χ4v) is 2.59. The number of hydrogen-bond donors (Lipinski definition) is 2. The van der Waals surface area contributed by atoms with Crippen LogP contribution in [0, 0.1) is 5.82 Å². The van der Waals surface area contributed by atoms with Gasteiger partial charge in [0.2, 0.25) is 12.7 Å². The Balaban J connectivity index is 1.74. The van der Waals surface area contributed by atoms with E-state index in [1.165, 1.54) is 30.0 Å². The van der Waals surface area contributed by atoms with E-state index in [0.717, 1.165) is 0 Å². The van der Waals surface area contributed by atoms with Gasteiger partial charge in [-0.15, -0.1) is 0 Å². The van der Waals surface area contributed by atoms with Gasteiger partial charge in [0.15, 0.2) is 11.5 Å². The topological polar surface area (TPSA) is 76.7 Å². The zero-order valence-electron chi connectivity index (χ0n) is 13.3. The van der Waals surface area contributed by atoms with E-state index in [1.807, 2.05) is 0 Å². The largest absolute Gasteiger partial charge is 0.454 e. The molecule has 0 aromatic heterocycles. The van der Waals surface area contributed by atoms with Crippen molar-refractivity contribution in [2.75, 3.05) is 29.4 Å². The number of anilines is 2. The van der Waals surface area contributed by atoms with Gasteiger partial charge in [-0.05, 0) is 42.7 Å². The van der Waals surface area contributed by atoms with E-state index in [-0.39, 0.29) is 30.0 Å². The lowest BCUT2D eigenvalue weighted by atomic mass is 10.2. The van der Waals surface area contributed by atoms with Gasteiger partial charge in [0.25, 0.3) is 5.91 Å². The summed E-state index contributed by atoms with van der Waals surface area (Å²) >= 11 is 1.33. The number of fused-ring (bicyclic) bond motifs is 1. The van der Waals surface area contributed by atoms with E-state index in [2.05, 4.69) is 10.6 Å². The molecule has 0 radical (unpaired) electrons. The third kappa shape index (κ3) is 4.03. The molecule has 3 rings (SSSR count). The van der Waals surface area contributed by atoms with Gasteiger partial charge >= 0.3 is 0 Å². The third-order valence-corrected chi connectivity index (χ3v) is 3.96. The lowest BCUT2D eigenvalue weighted by Gasteiger charge is -2.10. The number of carbonyl (C=O) groups is 2. The molecule has 2 aromatic carbocycles. The smallest absolute Gasteiger partial charge is 0.255 e. The summed E-state index contributed by atoms with van der Waals surface area (Å²) in [5.41, 5.74) is 0.757. The molecular weight excluding hydrogens is 347 g/mol. The van der Waals surface area contributed by atoms with E-state index in [1.54, 1.807) is 24.5 Å². The minimum absolute atomic E-state index is 0.0162. The molecule has 8 heteroatoms. The Morgan fingerprint density at radius 3 is 2.72 bits per heavy atom. The number of benzene rings is 2. The van der Waals surface area contributed by atoms with Gasteiger partial charge in [0, 0.05) is 11.3 Å². The molecular formula is C17H15FN2O4S. The molecule has 1 heterocycles. The first-order chi connectivity index (χ1) is 12.1. The van der Waals surface area contributed by atoms with E-state index < -0.39 is 5.82 Å². The standard InChI is InChI=1S/C17H15FN2O4S/c1-25-8-16(21)20-13-7-11(3-4-12(13)18)19-17(22)10-2-5-14-15(6-10)24-9-23-14/h2-7H,8-9H2,1H3,(H,19,22)(H,20,21). The number of ether oxygens (including phenoxy) is 2. The predicted molar refractivity (Wildman–Crippen MR) is 93.9 cm³/mol. The van der Waals surface area contributed by atoms with Gasteiger partial charge in [-0.2, -0.15) is 11.8 Å². The first kappa shape index (κ1) is 17.1. The summed E-state index contributed by atoms with van der Waals surface area (Å²) in [5, 5.41) is 5.14. The SMILES string of the molecule is CSCC(=O)Nc1cc(NC(=O)c2ccc3c(c2)OCO3)ccc1F. The number of halogens is 1. The average Bonchev–Trinajstić information content (AvgIpc) is 3.05. The minimum Gasteiger partial charge on any atom is -0.454 e. The van der Waals surface area contributed by atoms with Crippen molar-refractivity contribution in [1.82, 2.24) is 0 Å². The lowest BCUT2D eigenvalue weighted by Crippen LogP contribution is -2.16. The maximum atomic E-state index is 13.8. The second-order valence-corrected chi connectivity index (χ2v) is 6.06. The fourth-order valence-electron chi connectivity index (χ4n) is 2.26. The molecule has 2 aromatic rings. The number of rotatable bonds is 5. The molecule has 25 heavy (non-hydrogen) atoms. The predicted octanol–water partition coefficient (Wildman–Crippen LogP) is 3.11. The maximum Gasteiger partial charge on any atom is 0.255 e. The molecule has 2 N–H and O–H groups in total. The Morgan fingerprint density at radius 1 is 1.12 bits per heavy atom. The second kappa shape index (κ2) is 7.43. The van der Waals surface area contributed by atoms with E-state index >= 15 is 0 Å². The minimum atomic E-state index is -0.574. The Hall–Kier alpha value is -2.74. The van der Waals surface area contributed by atoms with Gasteiger partial charge in [-0.25, -0.2) is 4.39 Å². The highest BCUT2D eigenvalue weighted by Crippen LogP contribution is 2.32. The summed E-state index contributed by atoms with van der Waals surface area (Å²) in [6.45, 7) is 0.122. The van der Waals surface area contributed by atoms with Crippen molar-refractivity contribution in [3.05, 3.63) is 47.8 Å². The molecule has 0 bridgehead atoms. The van der Waals surface area contributed by atoms with E-state index in [4.69, 9.17) is 9.47 Å². The summed E-state index contributed by atoms with van der Waals surface area (Å²) in [6, 6.07) is 8.80. The molecule has 0 saturated carbocycles. The van der Waals surface area contributed by atoms with Crippen LogP contribution in [0.2, 0.25) is 0 Å². The van der Waals surface area contributed by atoms with Gasteiger partial charge in [-0.3, -0.25) is 9.59 Å². The highest BCUT2D eigenvalue weighted by Gasteiger charge is 2.17. The number of nitrogens with one attached hydrogen (secondary N) is 2. The van der Waals surface area contributed by atoms with E-state index in [0.29, 0.717) is 22.7 Å². The van der Waals surface area contributed by atoms with Crippen molar-refractivity contribution in [2.45, 2.75) is 0 Å². The van der Waals surface area contributed by atoms with E-state index in [9.17, 15) is 14.0 Å². The molecule has 1 aliphatic heterocycles. The molecule has 0 spiro atoms. The monoisotopic (exact) mass is 362 g/mol. The lowest BCUT2D eigenvalue weighted by molar-refractivity contribution is -0.113. The van der Waals surface area contributed by atoms with Gasteiger partial charge in [-0.1, -0.05) is 0 Å². The number of amides is 2. The molecule has 0 unspecified atom stereocenters.